The highest BCUT2D eigenvalue weighted by Gasteiger charge is 2.40. The van der Waals surface area contributed by atoms with E-state index in [1.807, 2.05) is 55.5 Å². The van der Waals surface area contributed by atoms with Crippen molar-refractivity contribution in [1.29, 1.82) is 0 Å². The minimum Gasteiger partial charge on any atom is -0.497 e. The van der Waals surface area contributed by atoms with Gasteiger partial charge in [0.05, 0.1) is 25.7 Å². The Morgan fingerprint density at radius 2 is 1.97 bits per heavy atom. The molecule has 2 aromatic rings. The van der Waals surface area contributed by atoms with Gasteiger partial charge in [-0.1, -0.05) is 43.3 Å². The first kappa shape index (κ1) is 22.0. The van der Waals surface area contributed by atoms with Crippen LogP contribution in [0.1, 0.15) is 43.4 Å². The highest BCUT2D eigenvalue weighted by molar-refractivity contribution is 7.99. The second-order valence-corrected chi connectivity index (χ2v) is 8.51. The molecule has 1 aliphatic rings. The molecule has 3 rings (SSSR count). The molecule has 0 radical (unpaired) electrons. The number of nitrogens with one attached hydrogen (secondary N) is 1. The van der Waals surface area contributed by atoms with E-state index in [0.29, 0.717) is 12.2 Å². The first-order valence-corrected chi connectivity index (χ1v) is 10.6. The molecule has 0 aromatic heterocycles. The van der Waals surface area contributed by atoms with E-state index in [4.69, 9.17) is 4.74 Å². The Labute approximate surface area is 173 Å². The molecule has 7 heteroatoms. The number of hydrogen-bond acceptors (Lipinski definition) is 4. The van der Waals surface area contributed by atoms with Crippen LogP contribution in [0, 0.1) is 0 Å². The van der Waals surface area contributed by atoms with Crippen molar-refractivity contribution < 1.29 is 23.0 Å². The summed E-state index contributed by atoms with van der Waals surface area (Å²) in [6.45, 7) is 1.95. The van der Waals surface area contributed by atoms with Crippen LogP contribution < -0.4 is 10.1 Å². The summed E-state index contributed by atoms with van der Waals surface area (Å²) in [6, 6.07) is 15.5. The van der Waals surface area contributed by atoms with Crippen molar-refractivity contribution in [3.8, 4) is 5.75 Å². The smallest absolute Gasteiger partial charge is 0.391 e. The molecule has 0 amide bonds. The predicted octanol–water partition coefficient (Wildman–Crippen LogP) is 5.33. The summed E-state index contributed by atoms with van der Waals surface area (Å²) in [5.74, 6) is 1.30. The predicted molar refractivity (Wildman–Crippen MR) is 109 cm³/mol. The van der Waals surface area contributed by atoms with E-state index >= 15 is 0 Å². The number of halogens is 3. The molecule has 3 atom stereocenters. The molecular weight excluding hydrogens is 399 g/mol. The monoisotopic (exact) mass is 425 g/mol. The molecule has 2 N–H and O–H groups in total. The van der Waals surface area contributed by atoms with Crippen molar-refractivity contribution in [3.63, 3.8) is 0 Å². The fraction of sp³-hybridized carbons (Fsp3) is 0.455. The number of alkyl halides is 3. The van der Waals surface area contributed by atoms with Crippen molar-refractivity contribution in [3.05, 3.63) is 59.7 Å². The molecule has 0 fully saturated rings. The van der Waals surface area contributed by atoms with Crippen LogP contribution in [0.5, 0.6) is 5.75 Å². The van der Waals surface area contributed by atoms with Crippen LogP contribution in [0.3, 0.4) is 0 Å². The van der Waals surface area contributed by atoms with Gasteiger partial charge in [0.25, 0.3) is 0 Å². The average Bonchev–Trinajstić information content (AvgIpc) is 2.84. The van der Waals surface area contributed by atoms with Gasteiger partial charge in [-0.25, -0.2) is 0 Å². The van der Waals surface area contributed by atoms with Crippen molar-refractivity contribution in [2.24, 2.45) is 0 Å². The third kappa shape index (κ3) is 5.47. The highest BCUT2D eigenvalue weighted by Crippen LogP contribution is 2.42. The van der Waals surface area contributed by atoms with E-state index in [9.17, 15) is 18.3 Å². The summed E-state index contributed by atoms with van der Waals surface area (Å²) in [4.78, 5) is 1.03. The molecule has 0 saturated carbocycles. The lowest BCUT2D eigenvalue weighted by Gasteiger charge is -2.37. The maximum absolute atomic E-state index is 12.8. The third-order valence-electron chi connectivity index (χ3n) is 5.39. The lowest BCUT2D eigenvalue weighted by Crippen LogP contribution is -2.50. The van der Waals surface area contributed by atoms with Gasteiger partial charge in [-0.3, -0.25) is 5.32 Å². The van der Waals surface area contributed by atoms with E-state index in [0.717, 1.165) is 21.8 Å². The minimum absolute atomic E-state index is 0.0322. The second kappa shape index (κ2) is 8.98. The molecule has 0 spiro atoms. The molecule has 0 unspecified atom stereocenters. The van der Waals surface area contributed by atoms with Crippen molar-refractivity contribution in [2.45, 2.75) is 54.9 Å². The van der Waals surface area contributed by atoms with Crippen LogP contribution >= 0.6 is 11.8 Å². The fourth-order valence-corrected chi connectivity index (χ4v) is 5.20. The summed E-state index contributed by atoms with van der Waals surface area (Å²) in [6.07, 6.45) is -6.40. The standard InChI is InChI=1S/C22H26F3NO2S/c1-3-21(12-16(27)13-22(23,24)25)14-29-19-11-17(28-2)9-10-18(19)20(26-21)15-7-5-4-6-8-15/h4-11,16,20,26-27H,3,12-14H2,1-2H3/t16-,20-,21-/m0/s1. The number of methoxy groups -OCH3 is 1. The Kier molecular flexibility index (Phi) is 6.81. The van der Waals surface area contributed by atoms with Crippen LogP contribution in [0.25, 0.3) is 0 Å². The lowest BCUT2D eigenvalue weighted by atomic mass is 9.87. The first-order chi connectivity index (χ1) is 13.8. The molecule has 2 aromatic carbocycles. The summed E-state index contributed by atoms with van der Waals surface area (Å²) in [5, 5.41) is 13.8. The molecular formula is C22H26F3NO2S. The minimum atomic E-state index is -4.39. The largest absolute Gasteiger partial charge is 0.497 e. The SMILES string of the molecule is CC[C@]1(C[C@H](O)CC(F)(F)F)CSc2cc(OC)ccc2[C@H](c2ccccc2)N1. The Morgan fingerprint density at radius 3 is 2.59 bits per heavy atom. The highest BCUT2D eigenvalue weighted by atomic mass is 32.2. The fourth-order valence-electron chi connectivity index (χ4n) is 3.81. The molecule has 3 nitrogen and oxygen atoms in total. The summed E-state index contributed by atoms with van der Waals surface area (Å²) in [7, 11) is 1.61. The van der Waals surface area contributed by atoms with Gasteiger partial charge in [0, 0.05) is 16.2 Å². The molecule has 1 heterocycles. The topological polar surface area (TPSA) is 41.5 Å². The van der Waals surface area contributed by atoms with Crippen LogP contribution in [-0.2, 0) is 0 Å². The number of fused-ring (bicyclic) bond motifs is 1. The van der Waals surface area contributed by atoms with E-state index in [2.05, 4.69) is 5.32 Å². The van der Waals surface area contributed by atoms with Gasteiger partial charge in [0.1, 0.15) is 5.75 Å². The lowest BCUT2D eigenvalue weighted by molar-refractivity contribution is -0.155. The van der Waals surface area contributed by atoms with Crippen molar-refractivity contribution in [1.82, 2.24) is 5.32 Å². The van der Waals surface area contributed by atoms with Crippen LogP contribution in [0.4, 0.5) is 13.2 Å². The number of hydrogen-bond donors (Lipinski definition) is 2. The molecule has 0 bridgehead atoms. The third-order valence-corrected chi connectivity index (χ3v) is 6.75. The maximum Gasteiger partial charge on any atom is 0.391 e. The number of rotatable bonds is 6. The zero-order chi connectivity index (χ0) is 21.1. The van der Waals surface area contributed by atoms with Gasteiger partial charge in [-0.05, 0) is 36.1 Å². The normalized spacial score (nSPS) is 23.2. The molecule has 0 saturated heterocycles. The number of thioether (sulfide) groups is 1. The van der Waals surface area contributed by atoms with Gasteiger partial charge >= 0.3 is 6.18 Å². The molecule has 158 valence electrons. The zero-order valence-corrected chi connectivity index (χ0v) is 17.3. The van der Waals surface area contributed by atoms with Crippen molar-refractivity contribution in [2.75, 3.05) is 12.9 Å². The Balaban J connectivity index is 1.98. The summed E-state index contributed by atoms with van der Waals surface area (Å²) < 4.78 is 43.8. The van der Waals surface area contributed by atoms with E-state index in [1.54, 1.807) is 18.9 Å². The van der Waals surface area contributed by atoms with E-state index in [1.165, 1.54) is 0 Å². The number of aliphatic hydroxyl groups excluding tert-OH is 1. The summed E-state index contributed by atoms with van der Waals surface area (Å²) in [5.41, 5.74) is 1.45. The quantitative estimate of drug-likeness (QED) is 0.656. The Hall–Kier alpha value is -1.70. The van der Waals surface area contributed by atoms with E-state index < -0.39 is 24.2 Å². The van der Waals surface area contributed by atoms with Crippen LogP contribution in [0.15, 0.2) is 53.4 Å². The summed E-state index contributed by atoms with van der Waals surface area (Å²) >= 11 is 1.59. The Morgan fingerprint density at radius 1 is 1.24 bits per heavy atom. The first-order valence-electron chi connectivity index (χ1n) is 9.63. The maximum atomic E-state index is 12.8. The number of aliphatic hydroxyl groups is 1. The van der Waals surface area contributed by atoms with Gasteiger partial charge in [-0.15, -0.1) is 11.8 Å². The van der Waals surface area contributed by atoms with Crippen LogP contribution in [-0.4, -0.2) is 35.8 Å². The second-order valence-electron chi connectivity index (χ2n) is 7.49. The van der Waals surface area contributed by atoms with Gasteiger partial charge in [0.15, 0.2) is 0 Å². The van der Waals surface area contributed by atoms with Crippen LogP contribution in [0.2, 0.25) is 0 Å². The average molecular weight is 426 g/mol. The van der Waals surface area contributed by atoms with Crippen molar-refractivity contribution >= 4 is 11.8 Å². The molecule has 0 aliphatic carbocycles. The number of benzene rings is 2. The molecule has 29 heavy (non-hydrogen) atoms. The number of ether oxygens (including phenoxy) is 1. The van der Waals surface area contributed by atoms with Gasteiger partial charge < -0.3 is 9.84 Å². The Bertz CT molecular complexity index is 815. The van der Waals surface area contributed by atoms with Gasteiger partial charge in [0.2, 0.25) is 0 Å². The zero-order valence-electron chi connectivity index (χ0n) is 16.5. The van der Waals surface area contributed by atoms with E-state index in [-0.39, 0.29) is 12.5 Å². The van der Waals surface area contributed by atoms with Gasteiger partial charge in [-0.2, -0.15) is 13.2 Å². The molecule has 1 aliphatic heterocycles.